The lowest BCUT2D eigenvalue weighted by atomic mass is 10.1. The molecule has 4 aromatic rings. The van der Waals surface area contributed by atoms with Crippen LogP contribution in [0.1, 0.15) is 54.2 Å². The molecule has 37 heavy (non-hydrogen) atoms. The van der Waals surface area contributed by atoms with E-state index in [4.69, 9.17) is 0 Å². The smallest absolute Gasteiger partial charge is 0.280 e. The van der Waals surface area contributed by atoms with Crippen LogP contribution in [0.2, 0.25) is 0 Å². The minimum Gasteiger partial charge on any atom is -0.295 e. The predicted molar refractivity (Wildman–Crippen MR) is 147 cm³/mol. The van der Waals surface area contributed by atoms with E-state index in [1.165, 1.54) is 9.58 Å². The largest absolute Gasteiger partial charge is 0.295 e. The highest BCUT2D eigenvalue weighted by atomic mass is 79.9. The number of halogens is 1. The minimum atomic E-state index is -0.295. The number of amides is 2. The fourth-order valence-electron chi connectivity index (χ4n) is 4.50. The summed E-state index contributed by atoms with van der Waals surface area (Å²) < 4.78 is 2.53. The van der Waals surface area contributed by atoms with Gasteiger partial charge in [0.25, 0.3) is 17.4 Å². The first kappa shape index (κ1) is 24.6. The second kappa shape index (κ2) is 9.44. The van der Waals surface area contributed by atoms with Crippen molar-refractivity contribution in [2.75, 3.05) is 0 Å². The fraction of sp³-hybridized carbons (Fsp3) is 0.172. The van der Waals surface area contributed by atoms with Crippen molar-refractivity contribution in [1.29, 1.82) is 0 Å². The number of nitrogens with one attached hydrogen (secondary N) is 1. The van der Waals surface area contributed by atoms with Gasteiger partial charge in [-0.1, -0.05) is 34.1 Å². The number of rotatable bonds is 5. The summed E-state index contributed by atoms with van der Waals surface area (Å²) in [6, 6.07) is 16.3. The third kappa shape index (κ3) is 4.27. The maximum atomic E-state index is 13.2. The second-order valence-corrected chi connectivity index (χ2v) is 10.1. The number of carbonyl (C=O) groups excluding carboxylic acids is 2. The van der Waals surface area contributed by atoms with E-state index in [2.05, 4.69) is 26.0 Å². The average Bonchev–Trinajstić information content (AvgIpc) is 3.30. The summed E-state index contributed by atoms with van der Waals surface area (Å²) in [5.41, 5.74) is 7.05. The zero-order valence-electron chi connectivity index (χ0n) is 20.9. The quantitative estimate of drug-likeness (QED) is 0.252. The van der Waals surface area contributed by atoms with Crippen LogP contribution in [0.4, 0.5) is 5.69 Å². The summed E-state index contributed by atoms with van der Waals surface area (Å²) in [4.78, 5) is 44.7. The molecule has 0 atom stereocenters. The Morgan fingerprint density at radius 2 is 1.57 bits per heavy atom. The predicted octanol–water partition coefficient (Wildman–Crippen LogP) is 5.71. The third-order valence-corrected chi connectivity index (χ3v) is 7.79. The molecule has 1 N–H and O–H groups in total. The molecule has 7 nitrogen and oxygen atoms in total. The highest BCUT2D eigenvalue weighted by Crippen LogP contribution is 2.27. The lowest BCUT2D eigenvalue weighted by Gasteiger charge is -2.16. The van der Waals surface area contributed by atoms with E-state index in [0.29, 0.717) is 28.1 Å². The zero-order valence-corrected chi connectivity index (χ0v) is 22.5. The SMILES string of the molecule is Cc1ccc(N=Cc2c(C)[nH]n(-c3ccc(Br)c(C)c3C)c2=O)cc1CN1C(=O)c2ccccc2C1=O. The van der Waals surface area contributed by atoms with Gasteiger partial charge in [-0.25, -0.2) is 4.68 Å². The number of aliphatic imine (C=N–C) groups is 1. The summed E-state index contributed by atoms with van der Waals surface area (Å²) >= 11 is 3.53. The van der Waals surface area contributed by atoms with Gasteiger partial charge >= 0.3 is 0 Å². The number of H-pyrrole nitrogens is 1. The summed E-state index contributed by atoms with van der Waals surface area (Å²) in [5, 5.41) is 3.16. The monoisotopic (exact) mass is 556 g/mol. The molecule has 186 valence electrons. The standard InChI is InChI=1S/C29H25BrN4O3/c1-16-9-10-21(13-20(16)15-33-27(35)22-7-5-6-8-23(22)28(33)36)31-14-24-19(4)32-34(29(24)37)26-12-11-25(30)17(2)18(26)3/h5-14,32H,15H2,1-4H3. The Kier molecular flexibility index (Phi) is 6.29. The summed E-state index contributed by atoms with van der Waals surface area (Å²) in [6.45, 7) is 7.90. The molecule has 1 aliphatic rings. The minimum absolute atomic E-state index is 0.153. The van der Waals surface area contributed by atoms with Crippen LogP contribution in [0.5, 0.6) is 0 Å². The van der Waals surface area contributed by atoms with Gasteiger partial charge in [-0.3, -0.25) is 29.4 Å². The van der Waals surface area contributed by atoms with Crippen molar-refractivity contribution in [2.24, 2.45) is 4.99 Å². The average molecular weight is 557 g/mol. The molecule has 0 aliphatic carbocycles. The number of fused-ring (bicyclic) bond motifs is 1. The zero-order chi connectivity index (χ0) is 26.4. The molecule has 0 fully saturated rings. The number of aromatic amines is 1. The number of nitrogens with zero attached hydrogens (tertiary/aromatic N) is 3. The van der Waals surface area contributed by atoms with Gasteiger partial charge in [-0.2, -0.15) is 0 Å². The number of aromatic nitrogens is 2. The summed E-state index contributed by atoms with van der Waals surface area (Å²) in [5.74, 6) is -0.591. The topological polar surface area (TPSA) is 87.5 Å². The Bertz CT molecular complexity index is 1640. The first-order chi connectivity index (χ1) is 17.7. The van der Waals surface area contributed by atoms with Gasteiger partial charge in [-0.15, -0.1) is 0 Å². The van der Waals surface area contributed by atoms with Gasteiger partial charge in [0.05, 0.1) is 34.6 Å². The van der Waals surface area contributed by atoms with Gasteiger partial charge in [0.2, 0.25) is 0 Å². The normalized spacial score (nSPS) is 13.2. The molecule has 2 heterocycles. The van der Waals surface area contributed by atoms with Crippen LogP contribution in [0.15, 0.2) is 68.9 Å². The molecular formula is C29H25BrN4O3. The second-order valence-electron chi connectivity index (χ2n) is 9.22. The lowest BCUT2D eigenvalue weighted by molar-refractivity contribution is 0.0642. The molecule has 0 unspecified atom stereocenters. The molecular weight excluding hydrogens is 532 g/mol. The highest BCUT2D eigenvalue weighted by molar-refractivity contribution is 9.10. The fourth-order valence-corrected chi connectivity index (χ4v) is 4.93. The van der Waals surface area contributed by atoms with Gasteiger partial charge in [0.1, 0.15) is 0 Å². The van der Waals surface area contributed by atoms with Crippen LogP contribution in [0.25, 0.3) is 5.69 Å². The van der Waals surface area contributed by atoms with E-state index >= 15 is 0 Å². The maximum Gasteiger partial charge on any atom is 0.280 e. The van der Waals surface area contributed by atoms with Crippen LogP contribution in [0.3, 0.4) is 0 Å². The van der Waals surface area contributed by atoms with Crippen molar-refractivity contribution in [3.05, 3.63) is 114 Å². The van der Waals surface area contributed by atoms with Crippen LogP contribution in [-0.4, -0.2) is 32.7 Å². The molecule has 0 saturated heterocycles. The van der Waals surface area contributed by atoms with E-state index in [9.17, 15) is 14.4 Å². The molecule has 0 saturated carbocycles. The number of hydrogen-bond donors (Lipinski definition) is 1. The molecule has 0 bridgehead atoms. The number of aryl methyl sites for hydroxylation is 2. The first-order valence-corrected chi connectivity index (χ1v) is 12.6. The Balaban J connectivity index is 1.43. The molecule has 2 amide bonds. The highest BCUT2D eigenvalue weighted by Gasteiger charge is 2.35. The summed E-state index contributed by atoms with van der Waals surface area (Å²) in [6.07, 6.45) is 1.56. The number of benzene rings is 3. The van der Waals surface area contributed by atoms with Crippen LogP contribution >= 0.6 is 15.9 Å². The molecule has 3 aromatic carbocycles. The van der Waals surface area contributed by atoms with Crippen molar-refractivity contribution >= 4 is 39.6 Å². The van der Waals surface area contributed by atoms with Crippen LogP contribution in [-0.2, 0) is 6.54 Å². The Morgan fingerprint density at radius 1 is 0.892 bits per heavy atom. The molecule has 1 aromatic heterocycles. The molecule has 0 radical (unpaired) electrons. The van der Waals surface area contributed by atoms with E-state index < -0.39 is 0 Å². The Morgan fingerprint density at radius 3 is 2.24 bits per heavy atom. The van der Waals surface area contributed by atoms with E-state index in [-0.39, 0.29) is 23.9 Å². The van der Waals surface area contributed by atoms with Gasteiger partial charge in [0.15, 0.2) is 0 Å². The Labute approximate surface area is 222 Å². The van der Waals surface area contributed by atoms with Crippen molar-refractivity contribution in [1.82, 2.24) is 14.7 Å². The number of hydrogen-bond acceptors (Lipinski definition) is 4. The number of carbonyl (C=O) groups is 2. The lowest BCUT2D eigenvalue weighted by Crippen LogP contribution is -2.29. The van der Waals surface area contributed by atoms with Crippen molar-refractivity contribution in [3.63, 3.8) is 0 Å². The summed E-state index contributed by atoms with van der Waals surface area (Å²) in [7, 11) is 0. The molecule has 5 rings (SSSR count). The molecule has 0 spiro atoms. The number of imide groups is 1. The van der Waals surface area contributed by atoms with Crippen molar-refractivity contribution in [2.45, 2.75) is 34.2 Å². The van der Waals surface area contributed by atoms with Gasteiger partial charge in [-0.05, 0) is 86.3 Å². The van der Waals surface area contributed by atoms with Crippen molar-refractivity contribution in [3.8, 4) is 5.69 Å². The first-order valence-electron chi connectivity index (χ1n) is 11.8. The van der Waals surface area contributed by atoms with Crippen LogP contribution < -0.4 is 5.56 Å². The molecule has 1 aliphatic heterocycles. The van der Waals surface area contributed by atoms with Gasteiger partial charge in [0, 0.05) is 16.4 Å². The molecule has 8 heteroatoms. The van der Waals surface area contributed by atoms with E-state index in [1.54, 1.807) is 30.5 Å². The third-order valence-electron chi connectivity index (χ3n) is 6.93. The van der Waals surface area contributed by atoms with Crippen LogP contribution in [0, 0.1) is 27.7 Å². The Hall–Kier alpha value is -4.04. The van der Waals surface area contributed by atoms with E-state index in [0.717, 1.165) is 32.4 Å². The van der Waals surface area contributed by atoms with E-state index in [1.807, 2.05) is 58.0 Å². The van der Waals surface area contributed by atoms with Gasteiger partial charge < -0.3 is 0 Å². The van der Waals surface area contributed by atoms with Crippen molar-refractivity contribution < 1.29 is 9.59 Å². The maximum absolute atomic E-state index is 13.2.